The molecule has 104 valence electrons. The van der Waals surface area contributed by atoms with E-state index in [2.05, 4.69) is 52.2 Å². The second-order valence-corrected chi connectivity index (χ2v) is 7.07. The maximum Gasteiger partial charge on any atom is 0.0702 e. The number of para-hydroxylation sites is 1. The first kappa shape index (κ1) is 13.7. The van der Waals surface area contributed by atoms with Gasteiger partial charge in [-0.3, -0.25) is 0 Å². The van der Waals surface area contributed by atoms with Gasteiger partial charge in [0.25, 0.3) is 0 Å². The average Bonchev–Trinajstić information content (AvgIpc) is 2.42. The molecule has 1 aliphatic carbocycles. The fourth-order valence-corrected chi connectivity index (χ4v) is 4.04. The van der Waals surface area contributed by atoms with E-state index in [0.29, 0.717) is 6.04 Å². The summed E-state index contributed by atoms with van der Waals surface area (Å²) in [6, 6.07) is 9.13. The van der Waals surface area contributed by atoms with Crippen molar-refractivity contribution in [1.29, 1.82) is 0 Å². The van der Waals surface area contributed by atoms with Gasteiger partial charge in [0.05, 0.1) is 5.60 Å². The van der Waals surface area contributed by atoms with Gasteiger partial charge in [-0.2, -0.15) is 0 Å². The zero-order chi connectivity index (χ0) is 13.1. The van der Waals surface area contributed by atoms with Crippen LogP contribution in [0.1, 0.15) is 44.9 Å². The molecule has 1 aromatic carbocycles. The van der Waals surface area contributed by atoms with E-state index in [9.17, 15) is 0 Å². The molecule has 1 heterocycles. The van der Waals surface area contributed by atoms with Crippen LogP contribution < -0.4 is 5.32 Å². The first-order valence-corrected chi connectivity index (χ1v) is 8.50. The first-order valence-electron chi connectivity index (χ1n) is 7.42. The molecule has 1 saturated heterocycles. The number of rotatable bonds is 2. The van der Waals surface area contributed by atoms with E-state index < -0.39 is 0 Å². The van der Waals surface area contributed by atoms with Gasteiger partial charge in [0.15, 0.2) is 0 Å². The van der Waals surface area contributed by atoms with E-state index in [1.54, 1.807) is 0 Å². The maximum atomic E-state index is 6.16. The highest BCUT2D eigenvalue weighted by Gasteiger charge is 2.38. The number of halogens is 1. The lowest BCUT2D eigenvalue weighted by atomic mass is 9.78. The largest absolute Gasteiger partial charge is 0.381 e. The standard InChI is InChI=1S/C16H22INO/c17-14-6-2-3-7-15(14)18-13-8-11-19-16(12-13)9-4-1-5-10-16/h2-3,6-7,13,18H,1,4-5,8-12H2. The van der Waals surface area contributed by atoms with Crippen LogP contribution in [0.15, 0.2) is 24.3 Å². The molecule has 1 aromatic rings. The van der Waals surface area contributed by atoms with Crippen LogP contribution in [-0.4, -0.2) is 18.2 Å². The third-order valence-electron chi connectivity index (χ3n) is 4.49. The van der Waals surface area contributed by atoms with Gasteiger partial charge < -0.3 is 10.1 Å². The predicted octanol–water partition coefficient (Wildman–Crippen LogP) is 4.59. The molecule has 2 fully saturated rings. The Kier molecular flexibility index (Phi) is 4.32. The van der Waals surface area contributed by atoms with E-state index in [1.807, 2.05) is 0 Å². The predicted molar refractivity (Wildman–Crippen MR) is 87.6 cm³/mol. The van der Waals surface area contributed by atoms with Crippen molar-refractivity contribution < 1.29 is 4.74 Å². The molecule has 2 aliphatic rings. The highest BCUT2D eigenvalue weighted by Crippen LogP contribution is 2.39. The van der Waals surface area contributed by atoms with Gasteiger partial charge in [0.1, 0.15) is 0 Å². The van der Waals surface area contributed by atoms with E-state index in [0.717, 1.165) is 13.0 Å². The molecular formula is C16H22INO. The molecule has 1 aliphatic heterocycles. The molecule has 2 nitrogen and oxygen atoms in total. The molecule has 1 saturated carbocycles. The Balaban J connectivity index is 1.67. The van der Waals surface area contributed by atoms with Crippen LogP contribution in [0.25, 0.3) is 0 Å². The minimum atomic E-state index is 0.189. The Bertz CT molecular complexity index is 423. The second kappa shape index (κ2) is 6.00. The van der Waals surface area contributed by atoms with E-state index >= 15 is 0 Å². The number of hydrogen-bond acceptors (Lipinski definition) is 2. The van der Waals surface area contributed by atoms with Crippen molar-refractivity contribution >= 4 is 28.3 Å². The molecule has 1 unspecified atom stereocenters. The van der Waals surface area contributed by atoms with Crippen LogP contribution in [0.3, 0.4) is 0 Å². The van der Waals surface area contributed by atoms with Gasteiger partial charge in [-0.05, 0) is 60.4 Å². The minimum Gasteiger partial charge on any atom is -0.381 e. The third kappa shape index (κ3) is 3.24. The quantitative estimate of drug-likeness (QED) is 0.769. The highest BCUT2D eigenvalue weighted by atomic mass is 127. The normalized spacial score (nSPS) is 26.3. The number of benzene rings is 1. The van der Waals surface area contributed by atoms with Crippen molar-refractivity contribution in [2.75, 3.05) is 11.9 Å². The summed E-state index contributed by atoms with van der Waals surface area (Å²) in [5, 5.41) is 3.73. The highest BCUT2D eigenvalue weighted by molar-refractivity contribution is 14.1. The molecule has 1 atom stereocenters. The molecule has 3 heteroatoms. The summed E-state index contributed by atoms with van der Waals surface area (Å²) < 4.78 is 7.47. The van der Waals surface area contributed by atoms with Gasteiger partial charge in [0, 0.05) is 21.9 Å². The molecule has 0 aromatic heterocycles. The van der Waals surface area contributed by atoms with Crippen molar-refractivity contribution in [3.05, 3.63) is 27.8 Å². The van der Waals surface area contributed by atoms with Crippen molar-refractivity contribution in [2.24, 2.45) is 0 Å². The molecule has 3 rings (SSSR count). The van der Waals surface area contributed by atoms with Crippen molar-refractivity contribution in [2.45, 2.75) is 56.6 Å². The fraction of sp³-hybridized carbons (Fsp3) is 0.625. The minimum absolute atomic E-state index is 0.189. The zero-order valence-electron chi connectivity index (χ0n) is 11.3. The first-order chi connectivity index (χ1) is 9.27. The van der Waals surface area contributed by atoms with Crippen LogP contribution in [0.4, 0.5) is 5.69 Å². The Morgan fingerprint density at radius 2 is 1.95 bits per heavy atom. The van der Waals surface area contributed by atoms with Crippen molar-refractivity contribution in [3.8, 4) is 0 Å². The van der Waals surface area contributed by atoms with Gasteiger partial charge in [0.2, 0.25) is 0 Å². The molecule has 19 heavy (non-hydrogen) atoms. The number of nitrogens with one attached hydrogen (secondary N) is 1. The Morgan fingerprint density at radius 1 is 1.16 bits per heavy atom. The summed E-state index contributed by atoms with van der Waals surface area (Å²) in [4.78, 5) is 0. The second-order valence-electron chi connectivity index (χ2n) is 5.91. The summed E-state index contributed by atoms with van der Waals surface area (Å²) in [6.45, 7) is 0.918. The van der Waals surface area contributed by atoms with Crippen LogP contribution >= 0.6 is 22.6 Å². The molecule has 1 spiro atoms. The summed E-state index contributed by atoms with van der Waals surface area (Å²) >= 11 is 2.41. The zero-order valence-corrected chi connectivity index (χ0v) is 13.5. The lowest BCUT2D eigenvalue weighted by molar-refractivity contribution is -0.103. The Morgan fingerprint density at radius 3 is 2.74 bits per heavy atom. The lowest BCUT2D eigenvalue weighted by Crippen LogP contribution is -2.45. The monoisotopic (exact) mass is 371 g/mol. The van der Waals surface area contributed by atoms with Crippen molar-refractivity contribution in [1.82, 2.24) is 0 Å². The average molecular weight is 371 g/mol. The van der Waals surface area contributed by atoms with Gasteiger partial charge in [-0.15, -0.1) is 0 Å². The molecule has 0 radical (unpaired) electrons. The summed E-state index contributed by atoms with van der Waals surface area (Å²) in [7, 11) is 0. The van der Waals surface area contributed by atoms with Gasteiger partial charge in [-0.1, -0.05) is 31.4 Å². The van der Waals surface area contributed by atoms with E-state index in [4.69, 9.17) is 4.74 Å². The fourth-order valence-electron chi connectivity index (χ4n) is 3.49. The van der Waals surface area contributed by atoms with Gasteiger partial charge >= 0.3 is 0 Å². The maximum absolute atomic E-state index is 6.16. The Labute approximate surface area is 129 Å². The number of anilines is 1. The molecule has 0 bridgehead atoms. The third-order valence-corrected chi connectivity index (χ3v) is 5.43. The summed E-state index contributed by atoms with van der Waals surface area (Å²) in [5.41, 5.74) is 1.47. The van der Waals surface area contributed by atoms with Crippen molar-refractivity contribution in [3.63, 3.8) is 0 Å². The van der Waals surface area contributed by atoms with E-state index in [1.165, 1.54) is 47.8 Å². The molecular weight excluding hydrogens is 349 g/mol. The summed E-state index contributed by atoms with van der Waals surface area (Å²) in [5.74, 6) is 0. The SMILES string of the molecule is Ic1ccccc1NC1CCOC2(CCCCC2)C1. The lowest BCUT2D eigenvalue weighted by Gasteiger charge is -2.44. The smallest absolute Gasteiger partial charge is 0.0702 e. The van der Waals surface area contributed by atoms with Gasteiger partial charge in [-0.25, -0.2) is 0 Å². The van der Waals surface area contributed by atoms with Crippen LogP contribution in [0.2, 0.25) is 0 Å². The number of ether oxygens (including phenoxy) is 1. The Hall–Kier alpha value is -0.290. The van der Waals surface area contributed by atoms with Crippen LogP contribution in [0.5, 0.6) is 0 Å². The topological polar surface area (TPSA) is 21.3 Å². The molecule has 0 amide bonds. The summed E-state index contributed by atoms with van der Waals surface area (Å²) in [6.07, 6.45) is 8.91. The van der Waals surface area contributed by atoms with Crippen LogP contribution in [-0.2, 0) is 4.74 Å². The molecule has 1 N–H and O–H groups in total. The van der Waals surface area contributed by atoms with Crippen LogP contribution in [0, 0.1) is 3.57 Å². The van der Waals surface area contributed by atoms with E-state index in [-0.39, 0.29) is 5.60 Å². The number of hydrogen-bond donors (Lipinski definition) is 1.